The maximum atomic E-state index is 12.3. The van der Waals surface area contributed by atoms with Crippen LogP contribution in [0.15, 0.2) is 18.2 Å². The molecule has 1 atom stereocenters. The summed E-state index contributed by atoms with van der Waals surface area (Å²) in [5, 5.41) is 3.20. The Morgan fingerprint density at radius 2 is 2.00 bits per heavy atom. The van der Waals surface area contributed by atoms with Crippen LogP contribution in [0.2, 0.25) is 0 Å². The molecule has 1 N–H and O–H groups in total. The number of carbonyl (C=O) groups is 1. The van der Waals surface area contributed by atoms with E-state index in [-0.39, 0.29) is 5.91 Å². The van der Waals surface area contributed by atoms with Crippen molar-refractivity contribution in [3.63, 3.8) is 0 Å². The van der Waals surface area contributed by atoms with Gasteiger partial charge in [-0.1, -0.05) is 57.2 Å². The summed E-state index contributed by atoms with van der Waals surface area (Å²) in [6, 6.07) is 7.31. The number of nitrogens with zero attached hydrogens (tertiary/aromatic N) is 1. The van der Waals surface area contributed by atoms with Crippen molar-refractivity contribution < 1.29 is 4.79 Å². The molecule has 1 heterocycles. The van der Waals surface area contributed by atoms with E-state index in [1.165, 1.54) is 48.8 Å². The lowest BCUT2D eigenvalue weighted by Crippen LogP contribution is -2.45. The maximum Gasteiger partial charge on any atom is 0.220 e. The van der Waals surface area contributed by atoms with E-state index in [1.54, 1.807) is 0 Å². The fourth-order valence-corrected chi connectivity index (χ4v) is 4.41. The van der Waals surface area contributed by atoms with Gasteiger partial charge in [0.25, 0.3) is 0 Å². The molecule has 3 nitrogen and oxygen atoms in total. The molecule has 0 spiro atoms. The van der Waals surface area contributed by atoms with Crippen LogP contribution in [0.4, 0.5) is 0 Å². The van der Waals surface area contributed by atoms with E-state index < -0.39 is 0 Å². The van der Waals surface area contributed by atoms with E-state index in [4.69, 9.17) is 0 Å². The van der Waals surface area contributed by atoms with Gasteiger partial charge < -0.3 is 5.32 Å². The maximum absolute atomic E-state index is 12.3. The third-order valence-electron chi connectivity index (χ3n) is 6.22. The van der Waals surface area contributed by atoms with Crippen LogP contribution in [-0.2, 0) is 24.2 Å². The van der Waals surface area contributed by atoms with E-state index in [9.17, 15) is 4.79 Å². The Morgan fingerprint density at radius 3 is 2.76 bits per heavy atom. The predicted octanol–water partition coefficient (Wildman–Crippen LogP) is 4.08. The summed E-state index contributed by atoms with van der Waals surface area (Å²) < 4.78 is 0. The van der Waals surface area contributed by atoms with E-state index >= 15 is 0 Å². The third-order valence-corrected chi connectivity index (χ3v) is 6.22. The van der Waals surface area contributed by atoms with Crippen molar-refractivity contribution in [1.29, 1.82) is 0 Å². The van der Waals surface area contributed by atoms with Gasteiger partial charge in [0.1, 0.15) is 0 Å². The predicted molar refractivity (Wildman–Crippen MR) is 104 cm³/mol. The van der Waals surface area contributed by atoms with Crippen molar-refractivity contribution in [2.24, 2.45) is 5.92 Å². The summed E-state index contributed by atoms with van der Waals surface area (Å²) in [5.41, 5.74) is 4.33. The first-order valence-corrected chi connectivity index (χ1v) is 10.2. The molecule has 0 bridgehead atoms. The number of carbonyl (C=O) groups excluding carboxylic acids is 1. The average molecular weight is 343 g/mol. The molecule has 1 aromatic rings. The lowest BCUT2D eigenvalue weighted by molar-refractivity contribution is -0.121. The van der Waals surface area contributed by atoms with Gasteiger partial charge in [0, 0.05) is 25.6 Å². The van der Waals surface area contributed by atoms with Crippen LogP contribution in [0.25, 0.3) is 0 Å². The monoisotopic (exact) mass is 342 g/mol. The summed E-state index contributed by atoms with van der Waals surface area (Å²) in [4.78, 5) is 14.6. The van der Waals surface area contributed by atoms with Crippen molar-refractivity contribution in [1.82, 2.24) is 10.2 Å². The largest absolute Gasteiger partial charge is 0.355 e. The fourth-order valence-electron chi connectivity index (χ4n) is 4.41. The minimum absolute atomic E-state index is 0.243. The number of nitrogens with one attached hydrogen (secondary N) is 1. The molecule has 1 amide bonds. The average Bonchev–Trinajstić information content (AvgIpc) is 2.65. The molecule has 3 rings (SSSR count). The van der Waals surface area contributed by atoms with Gasteiger partial charge in [0.15, 0.2) is 0 Å². The highest BCUT2D eigenvalue weighted by Gasteiger charge is 2.24. The molecule has 0 radical (unpaired) electrons. The lowest BCUT2D eigenvalue weighted by atomic mass is 9.86. The molecule has 1 aliphatic carbocycles. The number of fused-ring (bicyclic) bond motifs is 1. The van der Waals surface area contributed by atoms with Crippen LogP contribution < -0.4 is 5.32 Å². The molecule has 138 valence electrons. The second-order valence-corrected chi connectivity index (χ2v) is 8.08. The van der Waals surface area contributed by atoms with Crippen LogP contribution in [0, 0.1) is 5.92 Å². The lowest BCUT2D eigenvalue weighted by Gasteiger charge is -2.34. The Balaban J connectivity index is 1.46. The van der Waals surface area contributed by atoms with Gasteiger partial charge in [0.2, 0.25) is 5.91 Å². The molecule has 1 fully saturated rings. The van der Waals surface area contributed by atoms with Crippen LogP contribution in [0.1, 0.15) is 68.6 Å². The summed E-state index contributed by atoms with van der Waals surface area (Å²) in [7, 11) is 2.18. The van der Waals surface area contributed by atoms with Crippen LogP contribution in [0.3, 0.4) is 0 Å². The number of likely N-dealkylation sites (N-methyl/N-ethyl adjacent to an activating group) is 1. The summed E-state index contributed by atoms with van der Waals surface area (Å²) >= 11 is 0. The van der Waals surface area contributed by atoms with E-state index in [0.29, 0.717) is 12.5 Å². The fraction of sp³-hybridized carbons (Fsp3) is 0.682. The van der Waals surface area contributed by atoms with E-state index in [2.05, 4.69) is 42.4 Å². The van der Waals surface area contributed by atoms with Crippen molar-refractivity contribution >= 4 is 5.91 Å². The van der Waals surface area contributed by atoms with E-state index in [1.807, 2.05) is 0 Å². The van der Waals surface area contributed by atoms with Gasteiger partial charge in [-0.05, 0) is 48.9 Å². The summed E-state index contributed by atoms with van der Waals surface area (Å²) in [5.74, 6) is 1.03. The quantitative estimate of drug-likeness (QED) is 0.845. The third kappa shape index (κ3) is 5.07. The zero-order chi connectivity index (χ0) is 17.6. The molecule has 0 saturated heterocycles. The Labute approximate surface area is 153 Å². The number of aryl methyl sites for hydroxylation is 1. The second kappa shape index (κ2) is 8.84. The van der Waals surface area contributed by atoms with Crippen molar-refractivity contribution in [3.05, 3.63) is 34.9 Å². The topological polar surface area (TPSA) is 32.3 Å². The number of rotatable bonds is 6. The van der Waals surface area contributed by atoms with Crippen molar-refractivity contribution in [3.8, 4) is 0 Å². The molecular weight excluding hydrogens is 308 g/mol. The van der Waals surface area contributed by atoms with Crippen LogP contribution >= 0.6 is 0 Å². The smallest absolute Gasteiger partial charge is 0.220 e. The zero-order valence-corrected chi connectivity index (χ0v) is 16.0. The van der Waals surface area contributed by atoms with Crippen LogP contribution in [-0.4, -0.2) is 30.4 Å². The Hall–Kier alpha value is -1.35. The van der Waals surface area contributed by atoms with E-state index in [0.717, 1.165) is 38.3 Å². The molecule has 1 aromatic carbocycles. The van der Waals surface area contributed by atoms with Gasteiger partial charge in [-0.15, -0.1) is 0 Å². The normalized spacial score (nSPS) is 21.8. The summed E-state index contributed by atoms with van der Waals surface area (Å²) in [6.45, 7) is 3.97. The highest BCUT2D eigenvalue weighted by molar-refractivity contribution is 5.75. The summed E-state index contributed by atoms with van der Waals surface area (Å²) in [6.07, 6.45) is 10.7. The standard InChI is InChI=1S/C22H34N2O/c1-3-17-9-11-19-16-24(2)21(14-20(19)13-17)15-23-22(25)12-10-18-7-5-4-6-8-18/h9,11,13,18,21H,3-8,10,12,14-16H2,1-2H3,(H,23,25)/t21-/m1/s1. The van der Waals surface area contributed by atoms with Gasteiger partial charge in [-0.3, -0.25) is 9.69 Å². The zero-order valence-electron chi connectivity index (χ0n) is 16.0. The molecule has 0 unspecified atom stereocenters. The SMILES string of the molecule is CCc1ccc2c(c1)C[C@H](CNC(=O)CCC1CCCCC1)N(C)C2. The molecule has 1 aliphatic heterocycles. The minimum Gasteiger partial charge on any atom is -0.355 e. The molecule has 0 aromatic heterocycles. The Bertz CT molecular complexity index is 577. The van der Waals surface area contributed by atoms with Gasteiger partial charge >= 0.3 is 0 Å². The molecule has 1 saturated carbocycles. The number of benzene rings is 1. The van der Waals surface area contributed by atoms with Gasteiger partial charge in [-0.2, -0.15) is 0 Å². The second-order valence-electron chi connectivity index (χ2n) is 8.08. The number of amides is 1. The first kappa shape index (κ1) is 18.4. The number of hydrogen-bond donors (Lipinski definition) is 1. The first-order valence-electron chi connectivity index (χ1n) is 10.2. The first-order chi connectivity index (χ1) is 12.2. The van der Waals surface area contributed by atoms with Gasteiger partial charge in [-0.25, -0.2) is 0 Å². The molecule has 25 heavy (non-hydrogen) atoms. The van der Waals surface area contributed by atoms with Crippen LogP contribution in [0.5, 0.6) is 0 Å². The Morgan fingerprint density at radius 1 is 1.20 bits per heavy atom. The van der Waals surface area contributed by atoms with Crippen molar-refractivity contribution in [2.75, 3.05) is 13.6 Å². The molecule has 2 aliphatic rings. The highest BCUT2D eigenvalue weighted by Crippen LogP contribution is 2.27. The molecule has 3 heteroatoms. The molecular formula is C22H34N2O. The van der Waals surface area contributed by atoms with Gasteiger partial charge in [0.05, 0.1) is 0 Å². The number of hydrogen-bond acceptors (Lipinski definition) is 2. The minimum atomic E-state index is 0.243. The Kier molecular flexibility index (Phi) is 6.52. The highest BCUT2D eigenvalue weighted by atomic mass is 16.1. The van der Waals surface area contributed by atoms with Crippen molar-refractivity contribution in [2.45, 2.75) is 77.3 Å².